The average Bonchev–Trinajstić information content (AvgIpc) is 2.20. The van der Waals surface area contributed by atoms with Gasteiger partial charge in [-0.25, -0.2) is 0 Å². The van der Waals surface area contributed by atoms with Crippen LogP contribution in [0.25, 0.3) is 0 Å². The van der Waals surface area contributed by atoms with E-state index in [4.69, 9.17) is 11.0 Å². The number of hydrogen-bond donors (Lipinski definition) is 1. The van der Waals surface area contributed by atoms with Gasteiger partial charge in [-0.1, -0.05) is 0 Å². The summed E-state index contributed by atoms with van der Waals surface area (Å²) in [7, 11) is 0. The van der Waals surface area contributed by atoms with Crippen molar-refractivity contribution in [2.75, 3.05) is 5.73 Å². The maximum absolute atomic E-state index is 11.9. The number of anilines is 1. The lowest BCUT2D eigenvalue weighted by molar-refractivity contribution is -0.385. The van der Waals surface area contributed by atoms with Crippen molar-refractivity contribution in [3.05, 3.63) is 27.8 Å². The Morgan fingerprint density at radius 1 is 1.56 bits per heavy atom. The Morgan fingerprint density at radius 3 is 2.62 bits per heavy atom. The predicted molar refractivity (Wildman–Crippen MR) is 48.9 cm³/mol. The molecule has 0 aliphatic rings. The number of nitro groups is 1. The molecule has 0 fully saturated rings. The third-order valence-electron chi connectivity index (χ3n) is 1.67. The summed E-state index contributed by atoms with van der Waals surface area (Å²) in [5.41, 5.74) is 4.13. The van der Waals surface area contributed by atoms with E-state index in [0.717, 1.165) is 12.1 Å². The zero-order valence-electron chi connectivity index (χ0n) is 7.68. The first kappa shape index (κ1) is 11.6. The third-order valence-corrected chi connectivity index (χ3v) is 1.67. The number of nitriles is 1. The first-order chi connectivity index (χ1) is 7.45. The number of alkyl halides is 2. The van der Waals surface area contributed by atoms with Crippen LogP contribution >= 0.6 is 0 Å². The van der Waals surface area contributed by atoms with Gasteiger partial charge in [-0.15, -0.1) is 0 Å². The van der Waals surface area contributed by atoms with Gasteiger partial charge in [0.05, 0.1) is 22.2 Å². The molecule has 0 saturated carbocycles. The molecular weight excluding hydrogens is 224 g/mol. The maximum Gasteiger partial charge on any atom is 0.387 e. The number of benzene rings is 1. The van der Waals surface area contributed by atoms with E-state index in [2.05, 4.69) is 4.74 Å². The summed E-state index contributed by atoms with van der Waals surface area (Å²) in [6.07, 6.45) is 0. The van der Waals surface area contributed by atoms with Crippen molar-refractivity contribution in [2.24, 2.45) is 0 Å². The summed E-state index contributed by atoms with van der Waals surface area (Å²) in [6.45, 7) is -3.17. The van der Waals surface area contributed by atoms with Crippen molar-refractivity contribution in [3.8, 4) is 11.8 Å². The van der Waals surface area contributed by atoms with Crippen LogP contribution in [0, 0.1) is 21.4 Å². The summed E-state index contributed by atoms with van der Waals surface area (Å²) < 4.78 is 27.8. The molecule has 1 rings (SSSR count). The molecule has 2 N–H and O–H groups in total. The van der Waals surface area contributed by atoms with Crippen LogP contribution in [-0.4, -0.2) is 11.5 Å². The zero-order chi connectivity index (χ0) is 12.3. The predicted octanol–water partition coefficient (Wildman–Crippen LogP) is 1.65. The molecule has 0 amide bonds. The second-order valence-electron chi connectivity index (χ2n) is 2.65. The van der Waals surface area contributed by atoms with Gasteiger partial charge in [0.1, 0.15) is 6.07 Å². The molecular formula is C8H5F2N3O3. The van der Waals surface area contributed by atoms with Crippen molar-refractivity contribution >= 4 is 11.4 Å². The Kier molecular flexibility index (Phi) is 3.20. The normalized spacial score (nSPS) is 9.88. The molecule has 0 spiro atoms. The highest BCUT2D eigenvalue weighted by Crippen LogP contribution is 2.31. The molecule has 0 aliphatic heterocycles. The Bertz CT molecular complexity index is 470. The number of nitro benzene ring substituents is 1. The summed E-state index contributed by atoms with van der Waals surface area (Å²) in [5.74, 6) is -0.583. The smallest absolute Gasteiger partial charge is 0.387 e. The van der Waals surface area contributed by atoms with Gasteiger partial charge in [-0.2, -0.15) is 14.0 Å². The van der Waals surface area contributed by atoms with Gasteiger partial charge < -0.3 is 10.5 Å². The molecule has 16 heavy (non-hydrogen) atoms. The van der Waals surface area contributed by atoms with E-state index >= 15 is 0 Å². The molecule has 0 radical (unpaired) electrons. The molecule has 0 bridgehead atoms. The maximum atomic E-state index is 11.9. The molecule has 8 heteroatoms. The van der Waals surface area contributed by atoms with Crippen LogP contribution in [0.4, 0.5) is 20.2 Å². The van der Waals surface area contributed by atoms with E-state index in [9.17, 15) is 18.9 Å². The second-order valence-corrected chi connectivity index (χ2v) is 2.65. The lowest BCUT2D eigenvalue weighted by Gasteiger charge is -2.08. The Labute approximate surface area is 88.0 Å². The van der Waals surface area contributed by atoms with Crippen LogP contribution < -0.4 is 10.5 Å². The van der Waals surface area contributed by atoms with Crippen LogP contribution in [0.5, 0.6) is 5.75 Å². The lowest BCUT2D eigenvalue weighted by Crippen LogP contribution is -2.06. The van der Waals surface area contributed by atoms with Crippen LogP contribution in [0.3, 0.4) is 0 Å². The van der Waals surface area contributed by atoms with Gasteiger partial charge in [-0.05, 0) is 0 Å². The lowest BCUT2D eigenvalue weighted by atomic mass is 10.1. The summed E-state index contributed by atoms with van der Waals surface area (Å²) in [5, 5.41) is 19.0. The number of halogens is 2. The first-order valence-corrected chi connectivity index (χ1v) is 3.88. The highest BCUT2D eigenvalue weighted by molar-refractivity contribution is 5.67. The van der Waals surface area contributed by atoms with Crippen molar-refractivity contribution in [1.82, 2.24) is 0 Å². The molecule has 0 heterocycles. The van der Waals surface area contributed by atoms with Gasteiger partial charge in [-0.3, -0.25) is 10.1 Å². The molecule has 1 aromatic carbocycles. The van der Waals surface area contributed by atoms with Gasteiger partial charge in [0.25, 0.3) is 5.69 Å². The fraction of sp³-hybridized carbons (Fsp3) is 0.125. The first-order valence-electron chi connectivity index (χ1n) is 3.88. The third kappa shape index (κ3) is 2.33. The van der Waals surface area contributed by atoms with Crippen molar-refractivity contribution in [1.29, 1.82) is 5.26 Å². The van der Waals surface area contributed by atoms with Crippen molar-refractivity contribution < 1.29 is 18.4 Å². The fourth-order valence-electron chi connectivity index (χ4n) is 1.00. The van der Waals surface area contributed by atoms with Crippen molar-refractivity contribution in [2.45, 2.75) is 6.61 Å². The average molecular weight is 229 g/mol. The zero-order valence-corrected chi connectivity index (χ0v) is 7.68. The van der Waals surface area contributed by atoms with E-state index in [-0.39, 0.29) is 11.3 Å². The Morgan fingerprint density at radius 2 is 2.19 bits per heavy atom. The fourth-order valence-corrected chi connectivity index (χ4v) is 1.00. The van der Waals surface area contributed by atoms with E-state index in [1.165, 1.54) is 0 Å². The SMILES string of the molecule is N#Cc1cc([N+](=O)[O-])cc(OC(F)F)c1N. The number of non-ortho nitro benzene ring substituents is 1. The second kappa shape index (κ2) is 4.39. The molecule has 6 nitrogen and oxygen atoms in total. The quantitative estimate of drug-likeness (QED) is 0.482. The summed E-state index contributed by atoms with van der Waals surface area (Å²) >= 11 is 0. The van der Waals surface area contributed by atoms with Gasteiger partial charge in [0.2, 0.25) is 0 Å². The summed E-state index contributed by atoms with van der Waals surface area (Å²) in [4.78, 5) is 9.60. The highest BCUT2D eigenvalue weighted by atomic mass is 19.3. The minimum absolute atomic E-state index is 0.287. The number of hydrogen-bond acceptors (Lipinski definition) is 5. The van der Waals surface area contributed by atoms with Crippen molar-refractivity contribution in [3.63, 3.8) is 0 Å². The number of rotatable bonds is 3. The molecule has 0 aromatic heterocycles. The number of ether oxygens (including phenoxy) is 1. The Hall–Kier alpha value is -2.43. The topological polar surface area (TPSA) is 102 Å². The molecule has 84 valence electrons. The van der Waals surface area contributed by atoms with E-state index in [1.807, 2.05) is 0 Å². The van der Waals surface area contributed by atoms with Crippen LogP contribution in [0.2, 0.25) is 0 Å². The van der Waals surface area contributed by atoms with Gasteiger partial charge in [0.15, 0.2) is 5.75 Å². The summed E-state index contributed by atoms with van der Waals surface area (Å²) in [6, 6.07) is 3.17. The molecule has 1 aromatic rings. The van der Waals surface area contributed by atoms with Gasteiger partial charge >= 0.3 is 6.61 Å². The minimum Gasteiger partial charge on any atom is -0.432 e. The molecule has 0 saturated heterocycles. The molecule has 0 aliphatic carbocycles. The number of nitrogens with zero attached hydrogens (tertiary/aromatic N) is 2. The Balaban J connectivity index is 3.31. The highest BCUT2D eigenvalue weighted by Gasteiger charge is 2.18. The van der Waals surface area contributed by atoms with Crippen LogP contribution in [0.15, 0.2) is 12.1 Å². The standard InChI is InChI=1S/C8H5F2N3O3/c9-8(10)16-6-2-5(13(14)15)1-4(3-11)7(6)12/h1-2,8H,12H2. The minimum atomic E-state index is -3.17. The van der Waals surface area contributed by atoms with Crippen LogP contribution in [0.1, 0.15) is 5.56 Å². The van der Waals surface area contributed by atoms with E-state index < -0.39 is 23.0 Å². The van der Waals surface area contributed by atoms with E-state index in [0.29, 0.717) is 0 Å². The largest absolute Gasteiger partial charge is 0.432 e. The van der Waals surface area contributed by atoms with Crippen LogP contribution in [-0.2, 0) is 0 Å². The molecule has 0 unspecified atom stereocenters. The number of nitrogen functional groups attached to an aromatic ring is 1. The number of nitrogens with two attached hydrogens (primary N) is 1. The monoisotopic (exact) mass is 229 g/mol. The van der Waals surface area contributed by atoms with Gasteiger partial charge in [0, 0.05) is 6.07 Å². The molecule has 0 atom stereocenters. The van der Waals surface area contributed by atoms with E-state index in [1.54, 1.807) is 6.07 Å².